The molecular weight excluding hydrogens is 200 g/mol. The van der Waals surface area contributed by atoms with E-state index in [4.69, 9.17) is 5.11 Å². The molecule has 1 aliphatic rings. The van der Waals surface area contributed by atoms with E-state index in [0.29, 0.717) is 5.75 Å². The van der Waals surface area contributed by atoms with E-state index in [-0.39, 0.29) is 6.61 Å². The second kappa shape index (κ2) is 5.35. The quantitative estimate of drug-likeness (QED) is 0.769. The molecular formula is C14H20O2. The van der Waals surface area contributed by atoms with Gasteiger partial charge in [-0.05, 0) is 61.3 Å². The van der Waals surface area contributed by atoms with Gasteiger partial charge in [0.05, 0.1) is 0 Å². The number of phenolic OH excluding ortho intramolecular Hbond substituents is 1. The molecule has 0 amide bonds. The minimum absolute atomic E-state index is 0.198. The average Bonchev–Trinajstić information content (AvgIpc) is 2.53. The Balaban J connectivity index is 2.32. The van der Waals surface area contributed by atoms with Crippen LogP contribution in [0.5, 0.6) is 5.75 Å². The lowest BCUT2D eigenvalue weighted by Crippen LogP contribution is -2.00. The predicted molar refractivity (Wildman–Crippen MR) is 64.8 cm³/mol. The van der Waals surface area contributed by atoms with E-state index in [1.165, 1.54) is 30.4 Å². The molecule has 0 radical (unpaired) electrons. The van der Waals surface area contributed by atoms with E-state index in [1.807, 2.05) is 6.07 Å². The minimum Gasteiger partial charge on any atom is -0.508 e. The van der Waals surface area contributed by atoms with E-state index >= 15 is 0 Å². The monoisotopic (exact) mass is 220 g/mol. The SMILES string of the molecule is OCCCc1c(O)ccc2c1CCCCC2. The van der Waals surface area contributed by atoms with Gasteiger partial charge in [0, 0.05) is 6.61 Å². The molecule has 1 aromatic rings. The first kappa shape index (κ1) is 11.5. The fraction of sp³-hybridized carbons (Fsp3) is 0.571. The maximum atomic E-state index is 9.90. The molecule has 0 fully saturated rings. The van der Waals surface area contributed by atoms with Crippen LogP contribution < -0.4 is 0 Å². The molecule has 0 aromatic heterocycles. The number of aryl methyl sites for hydroxylation is 1. The summed E-state index contributed by atoms with van der Waals surface area (Å²) >= 11 is 0. The van der Waals surface area contributed by atoms with Crippen molar-refractivity contribution < 1.29 is 10.2 Å². The summed E-state index contributed by atoms with van der Waals surface area (Å²) in [5, 5.41) is 18.8. The Hall–Kier alpha value is -1.02. The van der Waals surface area contributed by atoms with Crippen molar-refractivity contribution in [1.29, 1.82) is 0 Å². The molecule has 1 aliphatic carbocycles. The van der Waals surface area contributed by atoms with Crippen molar-refractivity contribution in [2.75, 3.05) is 6.61 Å². The van der Waals surface area contributed by atoms with Gasteiger partial charge in [-0.15, -0.1) is 0 Å². The van der Waals surface area contributed by atoms with Gasteiger partial charge < -0.3 is 10.2 Å². The van der Waals surface area contributed by atoms with Crippen molar-refractivity contribution in [1.82, 2.24) is 0 Å². The summed E-state index contributed by atoms with van der Waals surface area (Å²) in [6, 6.07) is 3.88. The minimum atomic E-state index is 0.198. The molecule has 88 valence electrons. The van der Waals surface area contributed by atoms with Crippen LogP contribution in [0.3, 0.4) is 0 Å². The van der Waals surface area contributed by atoms with Crippen molar-refractivity contribution in [2.24, 2.45) is 0 Å². The number of hydrogen-bond donors (Lipinski definition) is 2. The molecule has 1 aromatic carbocycles. The highest BCUT2D eigenvalue weighted by atomic mass is 16.3. The molecule has 2 heteroatoms. The topological polar surface area (TPSA) is 40.5 Å². The van der Waals surface area contributed by atoms with E-state index in [2.05, 4.69) is 6.07 Å². The van der Waals surface area contributed by atoms with Crippen LogP contribution in [0.25, 0.3) is 0 Å². The van der Waals surface area contributed by atoms with E-state index in [0.717, 1.165) is 31.2 Å². The van der Waals surface area contributed by atoms with Crippen LogP contribution in [0.2, 0.25) is 0 Å². The Morgan fingerprint density at radius 3 is 2.69 bits per heavy atom. The van der Waals surface area contributed by atoms with E-state index < -0.39 is 0 Å². The smallest absolute Gasteiger partial charge is 0.119 e. The highest BCUT2D eigenvalue weighted by Gasteiger charge is 2.14. The Morgan fingerprint density at radius 2 is 1.88 bits per heavy atom. The van der Waals surface area contributed by atoms with Gasteiger partial charge in [0.1, 0.15) is 5.75 Å². The van der Waals surface area contributed by atoms with Gasteiger partial charge >= 0.3 is 0 Å². The molecule has 0 saturated carbocycles. The summed E-state index contributed by atoms with van der Waals surface area (Å²) < 4.78 is 0. The average molecular weight is 220 g/mol. The number of rotatable bonds is 3. The molecule has 0 spiro atoms. The molecule has 0 heterocycles. The van der Waals surface area contributed by atoms with Crippen molar-refractivity contribution in [3.05, 3.63) is 28.8 Å². The summed E-state index contributed by atoms with van der Waals surface area (Å²) in [5.41, 5.74) is 3.84. The number of hydrogen-bond acceptors (Lipinski definition) is 2. The number of fused-ring (bicyclic) bond motifs is 1. The van der Waals surface area contributed by atoms with Gasteiger partial charge in [0.25, 0.3) is 0 Å². The van der Waals surface area contributed by atoms with Gasteiger partial charge in [-0.25, -0.2) is 0 Å². The first-order valence-electron chi connectivity index (χ1n) is 6.26. The van der Waals surface area contributed by atoms with Gasteiger partial charge in [-0.1, -0.05) is 12.5 Å². The molecule has 16 heavy (non-hydrogen) atoms. The highest BCUT2D eigenvalue weighted by Crippen LogP contribution is 2.30. The number of aliphatic hydroxyl groups is 1. The predicted octanol–water partition coefficient (Wildman–Crippen LogP) is 2.59. The van der Waals surface area contributed by atoms with E-state index in [1.54, 1.807) is 0 Å². The summed E-state index contributed by atoms with van der Waals surface area (Å²) in [5.74, 6) is 0.411. The van der Waals surface area contributed by atoms with Crippen molar-refractivity contribution in [3.8, 4) is 5.75 Å². The maximum absolute atomic E-state index is 9.90. The van der Waals surface area contributed by atoms with Crippen LogP contribution >= 0.6 is 0 Å². The van der Waals surface area contributed by atoms with Gasteiger partial charge in [0.2, 0.25) is 0 Å². The summed E-state index contributed by atoms with van der Waals surface area (Å²) in [6.45, 7) is 0.198. The summed E-state index contributed by atoms with van der Waals surface area (Å²) in [7, 11) is 0. The van der Waals surface area contributed by atoms with Crippen LogP contribution in [-0.4, -0.2) is 16.8 Å². The molecule has 2 nitrogen and oxygen atoms in total. The van der Waals surface area contributed by atoms with Crippen LogP contribution in [0.4, 0.5) is 0 Å². The van der Waals surface area contributed by atoms with Crippen LogP contribution in [0, 0.1) is 0 Å². The normalized spacial score (nSPS) is 15.6. The van der Waals surface area contributed by atoms with Crippen LogP contribution in [0.15, 0.2) is 12.1 Å². The first-order chi connectivity index (χ1) is 7.83. The summed E-state index contributed by atoms with van der Waals surface area (Å²) in [4.78, 5) is 0. The second-order valence-corrected chi connectivity index (χ2v) is 4.59. The molecule has 0 bridgehead atoms. The zero-order valence-electron chi connectivity index (χ0n) is 9.71. The standard InChI is InChI=1S/C14H20O2/c15-10-4-7-13-12-6-3-1-2-5-11(12)8-9-14(13)16/h8-9,15-16H,1-7,10H2. The number of phenols is 1. The molecule has 0 atom stereocenters. The number of benzene rings is 1. The van der Waals surface area contributed by atoms with E-state index in [9.17, 15) is 5.11 Å². The van der Waals surface area contributed by atoms with Crippen molar-refractivity contribution in [2.45, 2.75) is 44.9 Å². The zero-order valence-corrected chi connectivity index (χ0v) is 9.71. The van der Waals surface area contributed by atoms with Crippen LogP contribution in [-0.2, 0) is 19.3 Å². The Bertz CT molecular complexity index is 358. The fourth-order valence-corrected chi connectivity index (χ4v) is 2.60. The zero-order chi connectivity index (χ0) is 11.4. The Labute approximate surface area is 96.9 Å². The summed E-state index contributed by atoms with van der Waals surface area (Å²) in [6.07, 6.45) is 7.54. The van der Waals surface area contributed by atoms with Crippen molar-refractivity contribution >= 4 is 0 Å². The highest BCUT2D eigenvalue weighted by molar-refractivity contribution is 5.45. The third-order valence-corrected chi connectivity index (χ3v) is 3.46. The Morgan fingerprint density at radius 1 is 1.06 bits per heavy atom. The van der Waals surface area contributed by atoms with Crippen molar-refractivity contribution in [3.63, 3.8) is 0 Å². The number of aromatic hydroxyl groups is 1. The maximum Gasteiger partial charge on any atom is 0.119 e. The lowest BCUT2D eigenvalue weighted by atomic mass is 9.93. The molecule has 2 rings (SSSR count). The lowest BCUT2D eigenvalue weighted by Gasteiger charge is -2.13. The molecule has 0 aliphatic heterocycles. The van der Waals surface area contributed by atoms with Gasteiger partial charge in [-0.2, -0.15) is 0 Å². The first-order valence-corrected chi connectivity index (χ1v) is 6.26. The molecule has 2 N–H and O–H groups in total. The lowest BCUT2D eigenvalue weighted by molar-refractivity contribution is 0.288. The molecule has 0 unspecified atom stereocenters. The number of aliphatic hydroxyl groups excluding tert-OH is 1. The third kappa shape index (κ3) is 2.38. The molecule has 0 saturated heterocycles. The third-order valence-electron chi connectivity index (χ3n) is 3.46. The van der Waals surface area contributed by atoms with Gasteiger partial charge in [0.15, 0.2) is 0 Å². The Kier molecular flexibility index (Phi) is 3.83. The van der Waals surface area contributed by atoms with Gasteiger partial charge in [-0.3, -0.25) is 0 Å². The van der Waals surface area contributed by atoms with Crippen LogP contribution in [0.1, 0.15) is 42.4 Å². The fourth-order valence-electron chi connectivity index (χ4n) is 2.60. The largest absolute Gasteiger partial charge is 0.508 e. The second-order valence-electron chi connectivity index (χ2n) is 4.59.